The summed E-state index contributed by atoms with van der Waals surface area (Å²) in [6, 6.07) is 11.0. The second-order valence-electron chi connectivity index (χ2n) is 7.18. The molecule has 2 amide bonds. The highest BCUT2D eigenvalue weighted by Gasteiger charge is 2.26. The number of hydrogen-bond donors (Lipinski definition) is 1. The molecule has 1 fully saturated rings. The van der Waals surface area contributed by atoms with E-state index in [2.05, 4.69) is 4.98 Å². The Bertz CT molecular complexity index is 1080. The van der Waals surface area contributed by atoms with Crippen LogP contribution >= 0.6 is 23.2 Å². The molecule has 0 bridgehead atoms. The molecule has 0 spiro atoms. The van der Waals surface area contributed by atoms with E-state index >= 15 is 0 Å². The Kier molecular flexibility index (Phi) is 5.88. The number of aromatic nitrogens is 1. The standard InChI is InChI=1S/C22H21Cl2N3O3/c1-30-21-17(23)10-14(11-18(21)24)22(29)27-8-6-26(7-9-27)20(28)12-15-13-25-19-5-3-2-4-16(15)19/h2-5,10-11,13,25H,6-9,12H2,1H3. The number of nitrogens with zero attached hydrogens (tertiary/aromatic N) is 2. The third-order valence-electron chi connectivity index (χ3n) is 5.39. The highest BCUT2D eigenvalue weighted by Crippen LogP contribution is 2.34. The Morgan fingerprint density at radius 3 is 2.33 bits per heavy atom. The summed E-state index contributed by atoms with van der Waals surface area (Å²) in [6.45, 7) is 1.90. The second kappa shape index (κ2) is 8.58. The van der Waals surface area contributed by atoms with Gasteiger partial charge in [0.25, 0.3) is 5.91 Å². The van der Waals surface area contributed by atoms with Gasteiger partial charge in [0.15, 0.2) is 5.75 Å². The van der Waals surface area contributed by atoms with Crippen molar-refractivity contribution in [3.8, 4) is 5.75 Å². The van der Waals surface area contributed by atoms with E-state index in [0.29, 0.717) is 54.0 Å². The van der Waals surface area contributed by atoms with Crippen LogP contribution in [0.2, 0.25) is 10.0 Å². The minimum Gasteiger partial charge on any atom is -0.494 e. The lowest BCUT2D eigenvalue weighted by Gasteiger charge is -2.35. The van der Waals surface area contributed by atoms with Crippen molar-refractivity contribution in [1.82, 2.24) is 14.8 Å². The molecule has 0 saturated carbocycles. The monoisotopic (exact) mass is 445 g/mol. The van der Waals surface area contributed by atoms with Crippen molar-refractivity contribution < 1.29 is 14.3 Å². The molecule has 1 aromatic heterocycles. The van der Waals surface area contributed by atoms with E-state index in [1.54, 1.807) is 21.9 Å². The maximum absolute atomic E-state index is 12.8. The summed E-state index contributed by atoms with van der Waals surface area (Å²) in [5, 5.41) is 1.65. The first-order chi connectivity index (χ1) is 14.5. The highest BCUT2D eigenvalue weighted by molar-refractivity contribution is 6.37. The van der Waals surface area contributed by atoms with Gasteiger partial charge < -0.3 is 19.5 Å². The van der Waals surface area contributed by atoms with Crippen molar-refractivity contribution in [3.63, 3.8) is 0 Å². The lowest BCUT2D eigenvalue weighted by molar-refractivity contribution is -0.131. The SMILES string of the molecule is COc1c(Cl)cc(C(=O)N2CCN(C(=O)Cc3c[nH]c4ccccc34)CC2)cc1Cl. The van der Waals surface area contributed by atoms with Crippen LogP contribution in [0.5, 0.6) is 5.75 Å². The van der Waals surface area contributed by atoms with E-state index in [9.17, 15) is 9.59 Å². The van der Waals surface area contributed by atoms with Gasteiger partial charge in [0.05, 0.1) is 23.6 Å². The fourth-order valence-electron chi connectivity index (χ4n) is 3.77. The fourth-order valence-corrected chi connectivity index (χ4v) is 4.41. The van der Waals surface area contributed by atoms with E-state index in [4.69, 9.17) is 27.9 Å². The van der Waals surface area contributed by atoms with E-state index in [1.165, 1.54) is 7.11 Å². The summed E-state index contributed by atoms with van der Waals surface area (Å²) in [6.07, 6.45) is 2.22. The number of amides is 2. The number of rotatable bonds is 4. The average Bonchev–Trinajstić information content (AvgIpc) is 3.16. The smallest absolute Gasteiger partial charge is 0.254 e. The topological polar surface area (TPSA) is 65.6 Å². The molecule has 2 aromatic carbocycles. The van der Waals surface area contributed by atoms with Gasteiger partial charge in [-0.25, -0.2) is 0 Å². The molecule has 156 valence electrons. The summed E-state index contributed by atoms with van der Waals surface area (Å²) in [4.78, 5) is 32.3. The maximum Gasteiger partial charge on any atom is 0.254 e. The van der Waals surface area contributed by atoms with Crippen molar-refractivity contribution in [2.45, 2.75) is 6.42 Å². The zero-order valence-electron chi connectivity index (χ0n) is 16.5. The number of nitrogens with one attached hydrogen (secondary N) is 1. The molecule has 1 N–H and O–H groups in total. The van der Waals surface area contributed by atoms with Crippen LogP contribution in [0.3, 0.4) is 0 Å². The zero-order valence-corrected chi connectivity index (χ0v) is 18.0. The Morgan fingerprint density at radius 1 is 1.03 bits per heavy atom. The normalized spacial score (nSPS) is 14.2. The van der Waals surface area contributed by atoms with Gasteiger partial charge in [-0.2, -0.15) is 0 Å². The fraction of sp³-hybridized carbons (Fsp3) is 0.273. The van der Waals surface area contributed by atoms with Crippen molar-refractivity contribution in [2.24, 2.45) is 0 Å². The second-order valence-corrected chi connectivity index (χ2v) is 8.00. The predicted octanol–water partition coefficient (Wildman–Crippen LogP) is 4.01. The van der Waals surface area contributed by atoms with Crippen LogP contribution in [0.4, 0.5) is 0 Å². The minimum absolute atomic E-state index is 0.0578. The van der Waals surface area contributed by atoms with Crippen molar-refractivity contribution in [2.75, 3.05) is 33.3 Å². The maximum atomic E-state index is 12.8. The summed E-state index contributed by atoms with van der Waals surface area (Å²) >= 11 is 12.3. The van der Waals surface area contributed by atoms with E-state index < -0.39 is 0 Å². The van der Waals surface area contributed by atoms with E-state index in [0.717, 1.165) is 16.5 Å². The quantitative estimate of drug-likeness (QED) is 0.659. The Hall–Kier alpha value is -2.70. The summed E-state index contributed by atoms with van der Waals surface area (Å²) < 4.78 is 5.13. The summed E-state index contributed by atoms with van der Waals surface area (Å²) in [5.41, 5.74) is 2.41. The molecule has 8 heteroatoms. The van der Waals surface area contributed by atoms with Crippen LogP contribution in [0, 0.1) is 0 Å². The van der Waals surface area contributed by atoms with Crippen LogP contribution in [0.1, 0.15) is 15.9 Å². The zero-order chi connectivity index (χ0) is 21.3. The molecule has 1 saturated heterocycles. The molecule has 1 aliphatic heterocycles. The molecule has 0 aliphatic carbocycles. The molecule has 0 unspecified atom stereocenters. The third-order valence-corrected chi connectivity index (χ3v) is 5.95. The van der Waals surface area contributed by atoms with Crippen LogP contribution in [-0.2, 0) is 11.2 Å². The Labute approximate surface area is 184 Å². The largest absolute Gasteiger partial charge is 0.494 e. The van der Waals surface area contributed by atoms with Gasteiger partial charge in [0.2, 0.25) is 5.91 Å². The Morgan fingerprint density at radius 2 is 1.67 bits per heavy atom. The predicted molar refractivity (Wildman–Crippen MR) is 118 cm³/mol. The molecule has 0 radical (unpaired) electrons. The van der Waals surface area contributed by atoms with Crippen molar-refractivity contribution >= 4 is 45.9 Å². The number of aromatic amines is 1. The summed E-state index contributed by atoms with van der Waals surface area (Å²) in [7, 11) is 1.47. The van der Waals surface area contributed by atoms with Crippen LogP contribution < -0.4 is 4.74 Å². The lowest BCUT2D eigenvalue weighted by Crippen LogP contribution is -2.51. The molecule has 4 rings (SSSR count). The van der Waals surface area contributed by atoms with Crippen LogP contribution in [0.15, 0.2) is 42.6 Å². The van der Waals surface area contributed by atoms with E-state index in [-0.39, 0.29) is 11.8 Å². The van der Waals surface area contributed by atoms with Crippen LogP contribution in [0.25, 0.3) is 10.9 Å². The molecule has 6 nitrogen and oxygen atoms in total. The lowest BCUT2D eigenvalue weighted by atomic mass is 10.1. The van der Waals surface area contributed by atoms with Gasteiger partial charge in [-0.05, 0) is 23.8 Å². The molecule has 30 heavy (non-hydrogen) atoms. The minimum atomic E-state index is -0.162. The average molecular weight is 446 g/mol. The van der Waals surface area contributed by atoms with Gasteiger partial charge >= 0.3 is 0 Å². The number of hydrogen-bond acceptors (Lipinski definition) is 3. The molecular formula is C22H21Cl2N3O3. The number of para-hydroxylation sites is 1. The van der Waals surface area contributed by atoms with Gasteiger partial charge in [0, 0.05) is 48.8 Å². The van der Waals surface area contributed by atoms with Gasteiger partial charge in [-0.1, -0.05) is 41.4 Å². The first kappa shape index (κ1) is 20.6. The van der Waals surface area contributed by atoms with Gasteiger partial charge in [0.1, 0.15) is 0 Å². The van der Waals surface area contributed by atoms with E-state index in [1.807, 2.05) is 30.5 Å². The first-order valence-corrected chi connectivity index (χ1v) is 10.4. The number of carbonyl (C=O) groups is 2. The molecule has 0 atom stereocenters. The highest BCUT2D eigenvalue weighted by atomic mass is 35.5. The molecular weight excluding hydrogens is 425 g/mol. The molecule has 3 aromatic rings. The molecule has 2 heterocycles. The molecule has 1 aliphatic rings. The number of carbonyl (C=O) groups excluding carboxylic acids is 2. The first-order valence-electron chi connectivity index (χ1n) is 9.63. The van der Waals surface area contributed by atoms with Crippen LogP contribution in [-0.4, -0.2) is 59.9 Å². The number of fused-ring (bicyclic) bond motifs is 1. The number of piperazine rings is 1. The summed E-state index contributed by atoms with van der Waals surface area (Å²) in [5.74, 6) is 0.246. The number of methoxy groups -OCH3 is 1. The Balaban J connectivity index is 1.39. The number of ether oxygens (including phenoxy) is 1. The third kappa shape index (κ3) is 3.98. The number of H-pyrrole nitrogens is 1. The number of benzene rings is 2. The van der Waals surface area contributed by atoms with Gasteiger partial charge in [-0.15, -0.1) is 0 Å². The van der Waals surface area contributed by atoms with Gasteiger partial charge in [-0.3, -0.25) is 9.59 Å². The number of halogens is 2. The van der Waals surface area contributed by atoms with Crippen molar-refractivity contribution in [3.05, 3.63) is 63.8 Å². The van der Waals surface area contributed by atoms with Crippen molar-refractivity contribution in [1.29, 1.82) is 0 Å².